The van der Waals surface area contributed by atoms with Crippen LogP contribution in [-0.2, 0) is 10.0 Å². The number of benzene rings is 1. The first-order chi connectivity index (χ1) is 11.2. The Morgan fingerprint density at radius 2 is 1.92 bits per heavy atom. The molecule has 1 saturated heterocycles. The van der Waals surface area contributed by atoms with Crippen molar-refractivity contribution in [1.29, 1.82) is 0 Å². The summed E-state index contributed by atoms with van der Waals surface area (Å²) in [5, 5.41) is 4.21. The second-order valence-electron chi connectivity index (χ2n) is 5.58. The van der Waals surface area contributed by atoms with Crippen LogP contribution in [0.1, 0.15) is 6.92 Å². The minimum absolute atomic E-state index is 0.0353. The third-order valence-electron chi connectivity index (χ3n) is 3.58. The lowest BCUT2D eigenvalue weighted by Crippen LogP contribution is -2.53. The van der Waals surface area contributed by atoms with Gasteiger partial charge in [0.15, 0.2) is 5.11 Å². The Kier molecular flexibility index (Phi) is 6.50. The number of halogens is 2. The van der Waals surface area contributed by atoms with Gasteiger partial charge < -0.3 is 10.2 Å². The van der Waals surface area contributed by atoms with Crippen molar-refractivity contribution in [2.75, 3.05) is 32.7 Å². The Labute approximate surface area is 158 Å². The lowest BCUT2D eigenvalue weighted by Gasteiger charge is -2.35. The van der Waals surface area contributed by atoms with E-state index in [-0.39, 0.29) is 9.92 Å². The molecule has 0 amide bonds. The highest BCUT2D eigenvalue weighted by Crippen LogP contribution is 2.28. The van der Waals surface area contributed by atoms with Crippen molar-refractivity contribution in [3.8, 4) is 0 Å². The van der Waals surface area contributed by atoms with Crippen LogP contribution in [0.4, 0.5) is 0 Å². The maximum absolute atomic E-state index is 12.8. The highest BCUT2D eigenvalue weighted by Gasteiger charge is 2.30. The number of hydrogen-bond donors (Lipinski definition) is 1. The normalized spacial score (nSPS) is 16.0. The van der Waals surface area contributed by atoms with Crippen LogP contribution in [0, 0.1) is 0 Å². The number of piperazine rings is 1. The van der Waals surface area contributed by atoms with Gasteiger partial charge in [-0.05, 0) is 37.3 Å². The Morgan fingerprint density at radius 3 is 2.50 bits per heavy atom. The summed E-state index contributed by atoms with van der Waals surface area (Å²) in [7, 11) is -3.68. The molecule has 1 aromatic carbocycles. The van der Waals surface area contributed by atoms with Crippen LogP contribution in [0.2, 0.25) is 10.0 Å². The summed E-state index contributed by atoms with van der Waals surface area (Å²) in [6.07, 6.45) is 0. The quantitative estimate of drug-likeness (QED) is 0.614. The minimum atomic E-state index is -3.68. The molecule has 1 heterocycles. The largest absolute Gasteiger partial charge is 0.359 e. The summed E-state index contributed by atoms with van der Waals surface area (Å²) in [5.41, 5.74) is 0.981. The summed E-state index contributed by atoms with van der Waals surface area (Å²) in [6.45, 7) is 8.03. The van der Waals surface area contributed by atoms with Gasteiger partial charge in [0.1, 0.15) is 4.90 Å². The van der Waals surface area contributed by atoms with Crippen LogP contribution in [0.3, 0.4) is 0 Å². The number of rotatable bonds is 4. The molecule has 1 aliphatic heterocycles. The van der Waals surface area contributed by atoms with E-state index in [0.717, 1.165) is 5.57 Å². The monoisotopic (exact) mass is 407 g/mol. The van der Waals surface area contributed by atoms with Gasteiger partial charge in [0.2, 0.25) is 10.0 Å². The summed E-state index contributed by atoms with van der Waals surface area (Å²) < 4.78 is 26.9. The van der Waals surface area contributed by atoms with Gasteiger partial charge in [-0.3, -0.25) is 0 Å². The van der Waals surface area contributed by atoms with E-state index in [1.807, 2.05) is 11.8 Å². The molecule has 0 radical (unpaired) electrons. The lowest BCUT2D eigenvalue weighted by atomic mass is 10.3. The zero-order chi connectivity index (χ0) is 17.9. The molecule has 0 saturated carbocycles. The zero-order valence-corrected chi connectivity index (χ0v) is 16.4. The van der Waals surface area contributed by atoms with E-state index < -0.39 is 10.0 Å². The zero-order valence-electron chi connectivity index (χ0n) is 13.3. The smallest absolute Gasteiger partial charge is 0.244 e. The number of hydrogen-bond acceptors (Lipinski definition) is 3. The van der Waals surface area contributed by atoms with Gasteiger partial charge in [0.05, 0.1) is 5.02 Å². The molecule has 0 spiro atoms. The highest BCUT2D eigenvalue weighted by atomic mass is 35.5. The third kappa shape index (κ3) is 4.61. The molecule has 1 aliphatic rings. The first-order valence-electron chi connectivity index (χ1n) is 7.34. The van der Waals surface area contributed by atoms with Crippen molar-refractivity contribution in [2.24, 2.45) is 0 Å². The van der Waals surface area contributed by atoms with E-state index in [4.69, 9.17) is 35.4 Å². The molecule has 1 aromatic rings. The molecule has 1 N–H and O–H groups in total. The standard InChI is InChI=1S/C15H19Cl2N3O2S2/c1-11(2)10-18-15(23)19-5-7-20(8-6-19)24(21,22)14-9-12(16)3-4-13(14)17/h3-4,9H,1,5-8,10H2,2H3,(H,18,23). The second-order valence-corrected chi connectivity index (χ2v) is 8.72. The van der Waals surface area contributed by atoms with Gasteiger partial charge in [-0.2, -0.15) is 4.31 Å². The van der Waals surface area contributed by atoms with Gasteiger partial charge in [0, 0.05) is 37.7 Å². The molecular formula is C15H19Cl2N3O2S2. The van der Waals surface area contributed by atoms with Gasteiger partial charge >= 0.3 is 0 Å². The summed E-state index contributed by atoms with van der Waals surface area (Å²) in [6, 6.07) is 4.43. The van der Waals surface area contributed by atoms with Crippen molar-refractivity contribution >= 4 is 50.6 Å². The van der Waals surface area contributed by atoms with E-state index in [2.05, 4.69) is 11.9 Å². The van der Waals surface area contributed by atoms with Crippen LogP contribution >= 0.6 is 35.4 Å². The number of nitrogens with one attached hydrogen (secondary N) is 1. The van der Waals surface area contributed by atoms with Crippen LogP contribution in [-0.4, -0.2) is 55.5 Å². The Hall–Kier alpha value is -0.860. The Bertz CT molecular complexity index is 745. The van der Waals surface area contributed by atoms with Crippen LogP contribution in [0.5, 0.6) is 0 Å². The van der Waals surface area contributed by atoms with E-state index >= 15 is 0 Å². The molecule has 2 rings (SSSR count). The van der Waals surface area contributed by atoms with E-state index in [0.29, 0.717) is 42.9 Å². The fourth-order valence-electron chi connectivity index (χ4n) is 2.28. The summed E-state index contributed by atoms with van der Waals surface area (Å²) >= 11 is 17.3. The predicted molar refractivity (Wildman–Crippen MR) is 102 cm³/mol. The maximum atomic E-state index is 12.8. The number of sulfonamides is 1. The molecule has 1 fully saturated rings. The van der Waals surface area contributed by atoms with E-state index in [1.165, 1.54) is 16.4 Å². The Balaban J connectivity index is 2.04. The third-order valence-corrected chi connectivity index (χ3v) is 6.60. The summed E-state index contributed by atoms with van der Waals surface area (Å²) in [5.74, 6) is 0. The van der Waals surface area contributed by atoms with Gasteiger partial charge in [-0.25, -0.2) is 8.42 Å². The van der Waals surface area contributed by atoms with Gasteiger partial charge in [0.25, 0.3) is 0 Å². The molecule has 24 heavy (non-hydrogen) atoms. The summed E-state index contributed by atoms with van der Waals surface area (Å²) in [4.78, 5) is 1.98. The molecule has 0 aliphatic carbocycles. The molecule has 0 bridgehead atoms. The molecule has 0 atom stereocenters. The molecule has 0 aromatic heterocycles. The number of thiocarbonyl (C=S) groups is 1. The molecule has 132 valence electrons. The fourth-order valence-corrected chi connectivity index (χ4v) is 4.70. The second kappa shape index (κ2) is 8.01. The van der Waals surface area contributed by atoms with Crippen LogP contribution in [0.15, 0.2) is 35.2 Å². The van der Waals surface area contributed by atoms with Crippen molar-refractivity contribution in [1.82, 2.24) is 14.5 Å². The van der Waals surface area contributed by atoms with Crippen molar-refractivity contribution in [3.63, 3.8) is 0 Å². The molecule has 9 heteroatoms. The molecule has 0 unspecified atom stereocenters. The molecule has 5 nitrogen and oxygen atoms in total. The maximum Gasteiger partial charge on any atom is 0.244 e. The van der Waals surface area contributed by atoms with Crippen LogP contribution in [0.25, 0.3) is 0 Å². The van der Waals surface area contributed by atoms with Crippen molar-refractivity contribution in [3.05, 3.63) is 40.4 Å². The minimum Gasteiger partial charge on any atom is -0.359 e. The van der Waals surface area contributed by atoms with Gasteiger partial charge in [-0.1, -0.05) is 35.4 Å². The van der Waals surface area contributed by atoms with E-state index in [9.17, 15) is 8.42 Å². The lowest BCUT2D eigenvalue weighted by molar-refractivity contribution is 0.264. The average Bonchev–Trinajstić information content (AvgIpc) is 2.54. The SMILES string of the molecule is C=C(C)CNC(=S)N1CCN(S(=O)(=O)c2cc(Cl)ccc2Cl)CC1. The van der Waals surface area contributed by atoms with Crippen molar-refractivity contribution in [2.45, 2.75) is 11.8 Å². The Morgan fingerprint density at radius 1 is 1.29 bits per heavy atom. The predicted octanol–water partition coefficient (Wildman–Crippen LogP) is 2.75. The van der Waals surface area contributed by atoms with Crippen LogP contribution < -0.4 is 5.32 Å². The fraction of sp³-hybridized carbons (Fsp3) is 0.400. The van der Waals surface area contributed by atoms with Gasteiger partial charge in [-0.15, -0.1) is 0 Å². The first-order valence-corrected chi connectivity index (χ1v) is 9.94. The highest BCUT2D eigenvalue weighted by molar-refractivity contribution is 7.89. The topological polar surface area (TPSA) is 52.6 Å². The average molecular weight is 408 g/mol. The first kappa shape index (κ1) is 19.5. The molecular weight excluding hydrogens is 389 g/mol. The number of nitrogens with zero attached hydrogens (tertiary/aromatic N) is 2. The van der Waals surface area contributed by atoms with Crippen molar-refractivity contribution < 1.29 is 8.42 Å². The van der Waals surface area contributed by atoms with E-state index in [1.54, 1.807) is 6.07 Å².